The van der Waals surface area contributed by atoms with Crippen LogP contribution in [0.4, 0.5) is 17.2 Å². The number of fused-ring (bicyclic) bond motifs is 1. The number of nitrogens with one attached hydrogen (secondary N) is 2. The Balaban J connectivity index is 0.00000240. The van der Waals surface area contributed by atoms with Gasteiger partial charge < -0.3 is 15.5 Å². The molecule has 2 aromatic carbocycles. The summed E-state index contributed by atoms with van der Waals surface area (Å²) < 4.78 is 0. The number of non-ortho nitro benzene ring substituents is 1. The van der Waals surface area contributed by atoms with Crippen molar-refractivity contribution in [3.63, 3.8) is 0 Å². The second-order valence-electron chi connectivity index (χ2n) is 6.79. The molecular formula is C19H22ClN7O2. The summed E-state index contributed by atoms with van der Waals surface area (Å²) in [6.07, 6.45) is 0. The van der Waals surface area contributed by atoms with E-state index in [0.29, 0.717) is 5.82 Å². The van der Waals surface area contributed by atoms with Gasteiger partial charge in [0.05, 0.1) is 16.5 Å². The fourth-order valence-corrected chi connectivity index (χ4v) is 3.39. The molecule has 2 heterocycles. The third kappa shape index (κ3) is 4.52. The van der Waals surface area contributed by atoms with Crippen LogP contribution in [0, 0.1) is 10.1 Å². The van der Waals surface area contributed by atoms with E-state index in [4.69, 9.17) is 0 Å². The second kappa shape index (κ2) is 8.97. The van der Waals surface area contributed by atoms with E-state index in [-0.39, 0.29) is 24.1 Å². The predicted molar refractivity (Wildman–Crippen MR) is 115 cm³/mol. The van der Waals surface area contributed by atoms with Gasteiger partial charge in [0.15, 0.2) is 5.82 Å². The van der Waals surface area contributed by atoms with Crippen molar-refractivity contribution in [3.8, 4) is 0 Å². The van der Waals surface area contributed by atoms with Gasteiger partial charge in [-0.3, -0.25) is 10.1 Å². The van der Waals surface area contributed by atoms with Gasteiger partial charge in [-0.15, -0.1) is 22.6 Å². The first-order chi connectivity index (χ1) is 13.6. The summed E-state index contributed by atoms with van der Waals surface area (Å²) in [7, 11) is 0. The maximum atomic E-state index is 11.0. The summed E-state index contributed by atoms with van der Waals surface area (Å²) >= 11 is 0. The SMILES string of the molecule is CC(Nc1nnnc2ccc(N3CCNCC3)cc12)c1cccc([N+](=O)[O-])c1.Cl. The second-order valence-corrected chi connectivity index (χ2v) is 6.79. The average Bonchev–Trinajstić information content (AvgIpc) is 2.74. The molecule has 1 aliphatic heterocycles. The molecule has 0 spiro atoms. The lowest BCUT2D eigenvalue weighted by Crippen LogP contribution is -2.43. The minimum atomic E-state index is -0.391. The van der Waals surface area contributed by atoms with Gasteiger partial charge in [0, 0.05) is 49.4 Å². The van der Waals surface area contributed by atoms with Crippen molar-refractivity contribution >= 4 is 40.5 Å². The number of rotatable bonds is 5. The minimum absolute atomic E-state index is 0. The van der Waals surface area contributed by atoms with Gasteiger partial charge in [-0.2, -0.15) is 0 Å². The Morgan fingerprint density at radius 2 is 1.97 bits per heavy atom. The van der Waals surface area contributed by atoms with Gasteiger partial charge in [0.25, 0.3) is 5.69 Å². The summed E-state index contributed by atoms with van der Waals surface area (Å²) in [5.74, 6) is 0.612. The van der Waals surface area contributed by atoms with Crippen LogP contribution in [0.25, 0.3) is 10.9 Å². The molecule has 0 radical (unpaired) electrons. The summed E-state index contributed by atoms with van der Waals surface area (Å²) in [4.78, 5) is 13.0. The Morgan fingerprint density at radius 1 is 1.17 bits per heavy atom. The zero-order valence-electron chi connectivity index (χ0n) is 15.9. The zero-order valence-corrected chi connectivity index (χ0v) is 16.7. The zero-order chi connectivity index (χ0) is 19.5. The van der Waals surface area contributed by atoms with Gasteiger partial charge in [0.1, 0.15) is 0 Å². The Bertz CT molecular complexity index is 1010. The van der Waals surface area contributed by atoms with E-state index < -0.39 is 4.92 Å². The molecular weight excluding hydrogens is 394 g/mol. The summed E-state index contributed by atoms with van der Waals surface area (Å²) in [6.45, 7) is 5.75. The summed E-state index contributed by atoms with van der Waals surface area (Å²) in [6, 6.07) is 12.5. The van der Waals surface area contributed by atoms with Crippen LogP contribution in [-0.2, 0) is 0 Å². The molecule has 1 atom stereocenters. The third-order valence-electron chi connectivity index (χ3n) is 4.95. The lowest BCUT2D eigenvalue weighted by Gasteiger charge is -2.29. The molecule has 0 bridgehead atoms. The highest BCUT2D eigenvalue weighted by Crippen LogP contribution is 2.28. The Morgan fingerprint density at radius 3 is 2.72 bits per heavy atom. The van der Waals surface area contributed by atoms with Crippen molar-refractivity contribution in [2.24, 2.45) is 0 Å². The van der Waals surface area contributed by atoms with Crippen LogP contribution in [0.3, 0.4) is 0 Å². The van der Waals surface area contributed by atoms with Gasteiger partial charge in [-0.25, -0.2) is 0 Å². The van der Waals surface area contributed by atoms with E-state index >= 15 is 0 Å². The van der Waals surface area contributed by atoms with Crippen LogP contribution in [0.1, 0.15) is 18.5 Å². The quantitative estimate of drug-likeness (QED) is 0.483. The fourth-order valence-electron chi connectivity index (χ4n) is 3.39. The molecule has 0 aliphatic carbocycles. The average molecular weight is 416 g/mol. The Kier molecular flexibility index (Phi) is 6.40. The first-order valence-corrected chi connectivity index (χ1v) is 9.21. The topological polar surface area (TPSA) is 109 Å². The number of nitro benzene ring substituents is 1. The minimum Gasteiger partial charge on any atom is -0.369 e. The number of hydrogen-bond donors (Lipinski definition) is 2. The summed E-state index contributed by atoms with van der Waals surface area (Å²) in [5, 5.41) is 30.8. The third-order valence-corrected chi connectivity index (χ3v) is 4.95. The molecule has 29 heavy (non-hydrogen) atoms. The van der Waals surface area contributed by atoms with Crippen molar-refractivity contribution in [1.82, 2.24) is 20.7 Å². The van der Waals surface area contributed by atoms with Crippen molar-refractivity contribution in [2.75, 3.05) is 36.4 Å². The van der Waals surface area contributed by atoms with Crippen LogP contribution < -0.4 is 15.5 Å². The van der Waals surface area contributed by atoms with E-state index in [9.17, 15) is 10.1 Å². The van der Waals surface area contributed by atoms with E-state index in [0.717, 1.165) is 48.3 Å². The van der Waals surface area contributed by atoms with E-state index in [2.05, 4.69) is 43.1 Å². The number of aromatic nitrogens is 3. The van der Waals surface area contributed by atoms with E-state index in [1.165, 1.54) is 6.07 Å². The van der Waals surface area contributed by atoms with Crippen LogP contribution in [-0.4, -0.2) is 46.5 Å². The van der Waals surface area contributed by atoms with Crippen LogP contribution >= 0.6 is 12.4 Å². The van der Waals surface area contributed by atoms with Crippen molar-refractivity contribution in [2.45, 2.75) is 13.0 Å². The molecule has 2 N–H and O–H groups in total. The lowest BCUT2D eigenvalue weighted by atomic mass is 10.1. The molecule has 1 fully saturated rings. The number of nitrogens with zero attached hydrogens (tertiary/aromatic N) is 5. The number of nitro groups is 1. The fraction of sp³-hybridized carbons (Fsp3) is 0.316. The Labute approximate surface area is 174 Å². The smallest absolute Gasteiger partial charge is 0.269 e. The molecule has 0 amide bonds. The molecule has 152 valence electrons. The maximum Gasteiger partial charge on any atom is 0.269 e. The lowest BCUT2D eigenvalue weighted by molar-refractivity contribution is -0.384. The maximum absolute atomic E-state index is 11.0. The number of hydrogen-bond acceptors (Lipinski definition) is 8. The normalized spacial score (nSPS) is 14.9. The molecule has 4 rings (SSSR count). The van der Waals surface area contributed by atoms with Crippen molar-refractivity contribution in [3.05, 3.63) is 58.1 Å². The monoisotopic (exact) mass is 415 g/mol. The van der Waals surface area contributed by atoms with Crippen LogP contribution in [0.15, 0.2) is 42.5 Å². The van der Waals surface area contributed by atoms with Gasteiger partial charge >= 0.3 is 0 Å². The molecule has 3 aromatic rings. The van der Waals surface area contributed by atoms with Crippen LogP contribution in [0.5, 0.6) is 0 Å². The molecule has 1 aliphatic rings. The molecule has 0 saturated carbocycles. The van der Waals surface area contributed by atoms with Crippen LogP contribution in [0.2, 0.25) is 0 Å². The largest absolute Gasteiger partial charge is 0.369 e. The Hall–Kier alpha value is -3.04. The molecule has 10 heteroatoms. The molecule has 1 unspecified atom stereocenters. The van der Waals surface area contributed by atoms with E-state index in [1.54, 1.807) is 12.1 Å². The number of benzene rings is 2. The van der Waals surface area contributed by atoms with Gasteiger partial charge in [-0.1, -0.05) is 12.1 Å². The highest BCUT2D eigenvalue weighted by molar-refractivity contribution is 5.91. The number of anilines is 2. The highest BCUT2D eigenvalue weighted by atomic mass is 35.5. The van der Waals surface area contributed by atoms with Crippen molar-refractivity contribution < 1.29 is 4.92 Å². The van der Waals surface area contributed by atoms with Gasteiger partial charge in [-0.05, 0) is 35.9 Å². The first-order valence-electron chi connectivity index (χ1n) is 9.21. The van der Waals surface area contributed by atoms with Gasteiger partial charge in [0.2, 0.25) is 0 Å². The first kappa shape index (κ1) is 20.7. The molecule has 9 nitrogen and oxygen atoms in total. The summed E-state index contributed by atoms with van der Waals surface area (Å²) in [5.41, 5.74) is 2.74. The van der Waals surface area contributed by atoms with Crippen molar-refractivity contribution in [1.29, 1.82) is 0 Å². The highest BCUT2D eigenvalue weighted by Gasteiger charge is 2.16. The predicted octanol–water partition coefficient (Wildman–Crippen LogP) is 2.94. The number of piperazine rings is 1. The van der Waals surface area contributed by atoms with E-state index in [1.807, 2.05) is 19.1 Å². The molecule has 1 aromatic heterocycles. The number of halogens is 1. The molecule has 1 saturated heterocycles. The standard InChI is InChI=1S/C19H21N7O2.ClH/c1-13(14-3-2-4-16(11-14)26(27)28)21-19-17-12-15(25-9-7-20-8-10-25)5-6-18(17)22-24-23-19;/h2-6,11-13,20H,7-10H2,1H3,(H,21,22,23);1H.